The maximum atomic E-state index is 5.46. The molecule has 2 aromatic carbocycles. The monoisotopic (exact) mass is 386 g/mol. The summed E-state index contributed by atoms with van der Waals surface area (Å²) in [5.74, 6) is 0.862. The molecule has 1 aliphatic heterocycles. The summed E-state index contributed by atoms with van der Waals surface area (Å²) in [7, 11) is 0. The molecule has 0 unspecified atom stereocenters. The maximum absolute atomic E-state index is 5.46. The summed E-state index contributed by atoms with van der Waals surface area (Å²) in [6.07, 6.45) is 0. The van der Waals surface area contributed by atoms with E-state index < -0.39 is 0 Å². The Hall–Kier alpha value is -2.15. The molecule has 0 amide bonds. The second kappa shape index (κ2) is 10.3. The van der Waals surface area contributed by atoms with Gasteiger partial charge in [0, 0.05) is 17.8 Å². The minimum absolute atomic E-state index is 0.618. The lowest BCUT2D eigenvalue weighted by atomic mass is 10.1. The van der Waals surface area contributed by atoms with Crippen molar-refractivity contribution in [3.05, 3.63) is 59.7 Å². The molecule has 0 spiro atoms. The first-order valence-corrected chi connectivity index (χ1v) is 9.91. The molecule has 27 heavy (non-hydrogen) atoms. The van der Waals surface area contributed by atoms with E-state index in [1.165, 1.54) is 11.1 Å². The van der Waals surface area contributed by atoms with Gasteiger partial charge in [0.25, 0.3) is 0 Å². The van der Waals surface area contributed by atoms with E-state index in [1.54, 1.807) is 4.90 Å². The van der Waals surface area contributed by atoms with Gasteiger partial charge in [-0.15, -0.1) is 0 Å². The Morgan fingerprint density at radius 1 is 1.07 bits per heavy atom. The van der Waals surface area contributed by atoms with Crippen molar-refractivity contribution >= 4 is 23.0 Å². The van der Waals surface area contributed by atoms with Gasteiger partial charge in [0.05, 0.1) is 19.8 Å². The van der Waals surface area contributed by atoms with Crippen molar-refractivity contribution in [2.45, 2.75) is 20.0 Å². The number of anilines is 1. The molecule has 1 saturated heterocycles. The third-order valence-corrected chi connectivity index (χ3v) is 4.87. The van der Waals surface area contributed by atoms with Crippen molar-refractivity contribution in [2.75, 3.05) is 38.2 Å². The van der Waals surface area contributed by atoms with Crippen LogP contribution in [0.25, 0.3) is 0 Å². The summed E-state index contributed by atoms with van der Waals surface area (Å²) < 4.78 is 10.9. The first-order valence-electron chi connectivity index (χ1n) is 9.50. The average Bonchev–Trinajstić information content (AvgIpc) is 2.70. The maximum Gasteiger partial charge on any atom is 0.171 e. The lowest BCUT2D eigenvalue weighted by molar-refractivity contribution is -0.921. The molecule has 5 nitrogen and oxygen atoms in total. The van der Waals surface area contributed by atoms with Gasteiger partial charge in [-0.3, -0.25) is 0 Å². The largest absolute Gasteiger partial charge is 0.494 e. The van der Waals surface area contributed by atoms with Crippen LogP contribution >= 0.6 is 12.2 Å². The molecule has 1 heterocycles. The third-order valence-electron chi connectivity index (χ3n) is 4.62. The SMILES string of the molecule is CCOc1ccc(NC(=S)NCc2ccccc2C[NH+]2CCOCC2)cc1. The molecule has 1 fully saturated rings. The molecular formula is C21H28N3O2S+. The molecule has 0 aromatic heterocycles. The van der Waals surface area contributed by atoms with Crippen LogP contribution in [-0.2, 0) is 17.8 Å². The summed E-state index contributed by atoms with van der Waals surface area (Å²) in [5, 5.41) is 7.16. The first kappa shape index (κ1) is 19.6. The van der Waals surface area contributed by atoms with Gasteiger partial charge in [0.2, 0.25) is 0 Å². The normalized spacial score (nSPS) is 14.6. The highest BCUT2D eigenvalue weighted by Crippen LogP contribution is 2.15. The summed E-state index contributed by atoms with van der Waals surface area (Å²) >= 11 is 5.45. The van der Waals surface area contributed by atoms with Crippen molar-refractivity contribution in [2.24, 2.45) is 0 Å². The van der Waals surface area contributed by atoms with Gasteiger partial charge in [0.1, 0.15) is 25.4 Å². The fraction of sp³-hybridized carbons (Fsp3) is 0.381. The number of hydrogen-bond donors (Lipinski definition) is 3. The molecule has 6 heteroatoms. The Balaban J connectivity index is 1.52. The number of hydrogen-bond acceptors (Lipinski definition) is 3. The molecule has 2 aromatic rings. The molecule has 0 saturated carbocycles. The number of morpholine rings is 1. The van der Waals surface area contributed by atoms with E-state index in [2.05, 4.69) is 34.9 Å². The Labute approximate surface area is 166 Å². The van der Waals surface area contributed by atoms with E-state index in [9.17, 15) is 0 Å². The van der Waals surface area contributed by atoms with Crippen LogP contribution in [0.4, 0.5) is 5.69 Å². The lowest BCUT2D eigenvalue weighted by Crippen LogP contribution is -3.12. The van der Waals surface area contributed by atoms with Crippen LogP contribution in [0.1, 0.15) is 18.1 Å². The van der Waals surface area contributed by atoms with Crippen LogP contribution in [0.2, 0.25) is 0 Å². The van der Waals surface area contributed by atoms with Crippen LogP contribution in [-0.4, -0.2) is 38.0 Å². The van der Waals surface area contributed by atoms with E-state index in [-0.39, 0.29) is 0 Å². The van der Waals surface area contributed by atoms with Crippen molar-refractivity contribution in [1.29, 1.82) is 0 Å². The van der Waals surface area contributed by atoms with Crippen LogP contribution in [0.3, 0.4) is 0 Å². The Bertz CT molecular complexity index is 730. The molecule has 3 N–H and O–H groups in total. The number of benzene rings is 2. The quantitative estimate of drug-likeness (QED) is 0.636. The highest BCUT2D eigenvalue weighted by molar-refractivity contribution is 7.80. The predicted octanol–water partition coefficient (Wildman–Crippen LogP) is 1.99. The smallest absolute Gasteiger partial charge is 0.171 e. The van der Waals surface area contributed by atoms with E-state index in [4.69, 9.17) is 21.7 Å². The number of quaternary nitrogens is 1. The Kier molecular flexibility index (Phi) is 7.45. The highest BCUT2D eigenvalue weighted by atomic mass is 32.1. The minimum atomic E-state index is 0.618. The predicted molar refractivity (Wildman–Crippen MR) is 112 cm³/mol. The van der Waals surface area contributed by atoms with Gasteiger partial charge in [-0.05, 0) is 49.0 Å². The zero-order valence-corrected chi connectivity index (χ0v) is 16.6. The topological polar surface area (TPSA) is 47.0 Å². The van der Waals surface area contributed by atoms with Gasteiger partial charge < -0.3 is 25.0 Å². The minimum Gasteiger partial charge on any atom is -0.494 e. The zero-order valence-electron chi connectivity index (χ0n) is 15.8. The van der Waals surface area contributed by atoms with Crippen LogP contribution in [0.5, 0.6) is 5.75 Å². The average molecular weight is 387 g/mol. The van der Waals surface area contributed by atoms with Gasteiger partial charge in [0.15, 0.2) is 5.11 Å². The fourth-order valence-electron chi connectivity index (χ4n) is 3.16. The summed E-state index contributed by atoms with van der Waals surface area (Å²) in [5.41, 5.74) is 3.60. The van der Waals surface area contributed by atoms with Gasteiger partial charge >= 0.3 is 0 Å². The Morgan fingerprint density at radius 3 is 2.48 bits per heavy atom. The van der Waals surface area contributed by atoms with Gasteiger partial charge in [-0.2, -0.15) is 0 Å². The molecule has 0 aliphatic carbocycles. The van der Waals surface area contributed by atoms with Crippen LogP contribution in [0, 0.1) is 0 Å². The van der Waals surface area contributed by atoms with Crippen LogP contribution < -0.4 is 20.3 Å². The van der Waals surface area contributed by atoms with Crippen molar-refractivity contribution in [1.82, 2.24) is 5.32 Å². The number of rotatable bonds is 7. The Morgan fingerprint density at radius 2 is 1.78 bits per heavy atom. The molecule has 3 rings (SSSR count). The number of thiocarbonyl (C=S) groups is 1. The van der Waals surface area contributed by atoms with Crippen molar-refractivity contribution in [3.8, 4) is 5.75 Å². The van der Waals surface area contributed by atoms with Crippen molar-refractivity contribution in [3.63, 3.8) is 0 Å². The molecular weight excluding hydrogens is 358 g/mol. The first-order chi connectivity index (χ1) is 13.2. The zero-order chi connectivity index (χ0) is 18.9. The second-order valence-corrected chi connectivity index (χ2v) is 6.98. The van der Waals surface area contributed by atoms with E-state index in [0.717, 1.165) is 44.3 Å². The van der Waals surface area contributed by atoms with Gasteiger partial charge in [-0.25, -0.2) is 0 Å². The summed E-state index contributed by atoms with van der Waals surface area (Å²) in [6, 6.07) is 16.4. The molecule has 0 atom stereocenters. The molecule has 0 radical (unpaired) electrons. The second-order valence-electron chi connectivity index (χ2n) is 6.57. The standard InChI is InChI=1S/C21H27N3O2S/c1-2-26-20-9-7-19(8-10-20)23-21(27)22-15-17-5-3-4-6-18(17)16-24-11-13-25-14-12-24/h3-10H,2,11-16H2,1H3,(H2,22,23,27)/p+1. The highest BCUT2D eigenvalue weighted by Gasteiger charge is 2.15. The lowest BCUT2D eigenvalue weighted by Gasteiger charge is -2.24. The third kappa shape index (κ3) is 6.20. The summed E-state index contributed by atoms with van der Waals surface area (Å²) in [4.78, 5) is 1.57. The van der Waals surface area contributed by atoms with E-state index >= 15 is 0 Å². The number of nitrogens with one attached hydrogen (secondary N) is 3. The molecule has 1 aliphatic rings. The van der Waals surface area contributed by atoms with Crippen LogP contribution in [0.15, 0.2) is 48.5 Å². The van der Waals surface area contributed by atoms with E-state index in [1.807, 2.05) is 31.2 Å². The number of ether oxygens (including phenoxy) is 2. The van der Waals surface area contributed by atoms with E-state index in [0.29, 0.717) is 18.3 Å². The fourth-order valence-corrected chi connectivity index (χ4v) is 3.35. The summed E-state index contributed by atoms with van der Waals surface area (Å²) in [6.45, 7) is 8.22. The molecule has 0 bridgehead atoms. The van der Waals surface area contributed by atoms with Gasteiger partial charge in [-0.1, -0.05) is 24.3 Å². The van der Waals surface area contributed by atoms with Crippen molar-refractivity contribution < 1.29 is 14.4 Å². The molecule has 144 valence electrons.